The van der Waals surface area contributed by atoms with E-state index in [2.05, 4.69) is 11.8 Å². The molecule has 0 aromatic heterocycles. The van der Waals surface area contributed by atoms with Crippen LogP contribution in [0.1, 0.15) is 19.8 Å². The van der Waals surface area contributed by atoms with Crippen LogP contribution in [0.3, 0.4) is 0 Å². The molecule has 0 saturated carbocycles. The second-order valence-corrected chi connectivity index (χ2v) is 6.26. The van der Waals surface area contributed by atoms with Crippen molar-refractivity contribution in [3.8, 4) is 0 Å². The predicted molar refractivity (Wildman–Crippen MR) is 68.3 cm³/mol. The van der Waals surface area contributed by atoms with Crippen LogP contribution >= 0.6 is 11.8 Å². The number of hydrogen-bond acceptors (Lipinski definition) is 3. The number of piperidine rings is 1. The molecule has 0 aromatic rings. The first-order chi connectivity index (χ1) is 7.72. The van der Waals surface area contributed by atoms with Crippen LogP contribution in [-0.4, -0.2) is 41.9 Å². The van der Waals surface area contributed by atoms with Crippen LogP contribution in [0.15, 0.2) is 0 Å². The molecule has 3 nitrogen and oxygen atoms in total. The summed E-state index contributed by atoms with van der Waals surface area (Å²) in [5.41, 5.74) is 5.77. The smallest absolute Gasteiger partial charge is 0.226 e. The van der Waals surface area contributed by atoms with Crippen molar-refractivity contribution in [2.45, 2.75) is 19.8 Å². The Labute approximate surface area is 102 Å². The Hall–Kier alpha value is -0.220. The summed E-state index contributed by atoms with van der Waals surface area (Å²) in [5, 5.41) is 0. The third-order valence-corrected chi connectivity index (χ3v) is 5.17. The molecule has 3 atom stereocenters. The van der Waals surface area contributed by atoms with Gasteiger partial charge in [-0.3, -0.25) is 4.79 Å². The van der Waals surface area contributed by atoms with Crippen LogP contribution in [0.5, 0.6) is 0 Å². The van der Waals surface area contributed by atoms with E-state index < -0.39 is 0 Å². The molecule has 0 spiro atoms. The number of rotatable bonds is 2. The van der Waals surface area contributed by atoms with Gasteiger partial charge < -0.3 is 10.6 Å². The van der Waals surface area contributed by atoms with E-state index >= 15 is 0 Å². The van der Waals surface area contributed by atoms with E-state index in [4.69, 9.17) is 5.73 Å². The van der Waals surface area contributed by atoms with E-state index in [0.29, 0.717) is 24.3 Å². The number of amides is 1. The Bertz CT molecular complexity index is 253. The van der Waals surface area contributed by atoms with Gasteiger partial charge >= 0.3 is 0 Å². The molecule has 2 N–H and O–H groups in total. The highest BCUT2D eigenvalue weighted by atomic mass is 32.2. The fourth-order valence-electron chi connectivity index (χ4n) is 2.64. The Balaban J connectivity index is 1.91. The van der Waals surface area contributed by atoms with Gasteiger partial charge in [-0.25, -0.2) is 0 Å². The van der Waals surface area contributed by atoms with Crippen LogP contribution in [0, 0.1) is 17.8 Å². The van der Waals surface area contributed by atoms with Crippen LogP contribution < -0.4 is 5.73 Å². The van der Waals surface area contributed by atoms with Crippen molar-refractivity contribution in [3.63, 3.8) is 0 Å². The minimum atomic E-state index is 0.289. The maximum absolute atomic E-state index is 12.2. The minimum Gasteiger partial charge on any atom is -0.342 e. The van der Waals surface area contributed by atoms with E-state index in [1.165, 1.54) is 0 Å². The molecule has 0 aliphatic carbocycles. The summed E-state index contributed by atoms with van der Waals surface area (Å²) in [6, 6.07) is 0. The molecule has 0 radical (unpaired) electrons. The second-order valence-electron chi connectivity index (χ2n) is 5.11. The van der Waals surface area contributed by atoms with Crippen molar-refractivity contribution >= 4 is 17.7 Å². The number of nitrogens with zero attached hydrogens (tertiary/aromatic N) is 1. The molecule has 92 valence electrons. The van der Waals surface area contributed by atoms with Crippen molar-refractivity contribution in [2.24, 2.45) is 23.5 Å². The molecule has 0 bridgehead atoms. The van der Waals surface area contributed by atoms with Crippen LogP contribution in [0.25, 0.3) is 0 Å². The first-order valence-electron chi connectivity index (χ1n) is 6.29. The minimum absolute atomic E-state index is 0.289. The van der Waals surface area contributed by atoms with Crippen LogP contribution in [0.2, 0.25) is 0 Å². The summed E-state index contributed by atoms with van der Waals surface area (Å²) in [6.45, 7) is 4.80. The SMILES string of the molecule is CC1CCN(C(=O)C2CCSC2)CC1CN. The average Bonchev–Trinajstić information content (AvgIpc) is 2.82. The fourth-order valence-corrected chi connectivity index (χ4v) is 3.86. The Morgan fingerprint density at radius 1 is 1.50 bits per heavy atom. The van der Waals surface area contributed by atoms with Gasteiger partial charge in [0.15, 0.2) is 0 Å². The monoisotopic (exact) mass is 242 g/mol. The van der Waals surface area contributed by atoms with Gasteiger partial charge in [0.1, 0.15) is 0 Å². The Morgan fingerprint density at radius 3 is 2.94 bits per heavy atom. The molecular weight excluding hydrogens is 220 g/mol. The molecule has 2 rings (SSSR count). The van der Waals surface area contributed by atoms with Gasteiger partial charge in [-0.2, -0.15) is 11.8 Å². The highest BCUT2D eigenvalue weighted by molar-refractivity contribution is 7.99. The van der Waals surface area contributed by atoms with Gasteiger partial charge in [-0.05, 0) is 37.0 Å². The van der Waals surface area contributed by atoms with E-state index in [-0.39, 0.29) is 5.92 Å². The number of likely N-dealkylation sites (tertiary alicyclic amines) is 1. The van der Waals surface area contributed by atoms with Crippen molar-refractivity contribution in [3.05, 3.63) is 0 Å². The van der Waals surface area contributed by atoms with Crippen LogP contribution in [-0.2, 0) is 4.79 Å². The molecular formula is C12H22N2OS. The summed E-state index contributed by atoms with van der Waals surface area (Å²) < 4.78 is 0. The van der Waals surface area contributed by atoms with Crippen molar-refractivity contribution in [1.82, 2.24) is 4.90 Å². The molecule has 0 aromatic carbocycles. The normalized spacial score (nSPS) is 35.4. The summed E-state index contributed by atoms with van der Waals surface area (Å²) in [6.07, 6.45) is 2.19. The fraction of sp³-hybridized carbons (Fsp3) is 0.917. The lowest BCUT2D eigenvalue weighted by Crippen LogP contribution is -2.47. The third-order valence-electron chi connectivity index (χ3n) is 4.01. The number of carbonyl (C=O) groups is 1. The first-order valence-corrected chi connectivity index (χ1v) is 7.44. The van der Waals surface area contributed by atoms with Crippen LogP contribution in [0.4, 0.5) is 0 Å². The lowest BCUT2D eigenvalue weighted by molar-refractivity contribution is -0.137. The lowest BCUT2D eigenvalue weighted by Gasteiger charge is -2.37. The van der Waals surface area contributed by atoms with E-state index in [0.717, 1.165) is 37.4 Å². The molecule has 16 heavy (non-hydrogen) atoms. The molecule has 2 saturated heterocycles. The highest BCUT2D eigenvalue weighted by Gasteiger charge is 2.32. The molecule has 2 aliphatic rings. The largest absolute Gasteiger partial charge is 0.342 e. The van der Waals surface area contributed by atoms with Crippen molar-refractivity contribution in [1.29, 1.82) is 0 Å². The predicted octanol–water partition coefficient (Wildman–Crippen LogP) is 1.18. The Kier molecular flexibility index (Phi) is 4.14. The zero-order valence-corrected chi connectivity index (χ0v) is 10.8. The van der Waals surface area contributed by atoms with E-state index in [1.54, 1.807) is 0 Å². The quantitative estimate of drug-likeness (QED) is 0.791. The van der Waals surface area contributed by atoms with Gasteiger partial charge in [-0.1, -0.05) is 6.92 Å². The second kappa shape index (κ2) is 5.41. The molecule has 2 heterocycles. The topological polar surface area (TPSA) is 46.3 Å². The highest BCUT2D eigenvalue weighted by Crippen LogP contribution is 2.28. The van der Waals surface area contributed by atoms with Crippen molar-refractivity contribution < 1.29 is 4.79 Å². The van der Waals surface area contributed by atoms with E-state index in [9.17, 15) is 4.79 Å². The zero-order valence-electron chi connectivity index (χ0n) is 10.0. The van der Waals surface area contributed by atoms with E-state index in [1.807, 2.05) is 11.8 Å². The zero-order chi connectivity index (χ0) is 11.5. The van der Waals surface area contributed by atoms with Gasteiger partial charge in [0.25, 0.3) is 0 Å². The van der Waals surface area contributed by atoms with Gasteiger partial charge in [0, 0.05) is 24.8 Å². The molecule has 1 amide bonds. The third kappa shape index (κ3) is 2.54. The number of thioether (sulfide) groups is 1. The molecule has 3 unspecified atom stereocenters. The summed E-state index contributed by atoms with van der Waals surface area (Å²) >= 11 is 1.91. The van der Waals surface area contributed by atoms with Crippen molar-refractivity contribution in [2.75, 3.05) is 31.1 Å². The standard InChI is InChI=1S/C12H22N2OS/c1-9-2-4-14(7-11(9)6-13)12(15)10-3-5-16-8-10/h9-11H,2-8,13H2,1H3. The summed E-state index contributed by atoms with van der Waals surface area (Å²) in [5.74, 6) is 4.03. The summed E-state index contributed by atoms with van der Waals surface area (Å²) in [4.78, 5) is 14.3. The number of hydrogen-bond donors (Lipinski definition) is 1. The van der Waals surface area contributed by atoms with Gasteiger partial charge in [0.05, 0.1) is 0 Å². The van der Waals surface area contributed by atoms with Gasteiger partial charge in [-0.15, -0.1) is 0 Å². The Morgan fingerprint density at radius 2 is 2.31 bits per heavy atom. The first kappa shape index (κ1) is 12.2. The average molecular weight is 242 g/mol. The maximum atomic E-state index is 12.2. The molecule has 4 heteroatoms. The maximum Gasteiger partial charge on any atom is 0.226 e. The van der Waals surface area contributed by atoms with Gasteiger partial charge in [0.2, 0.25) is 5.91 Å². The molecule has 2 aliphatic heterocycles. The lowest BCUT2D eigenvalue weighted by atomic mass is 9.86. The summed E-state index contributed by atoms with van der Waals surface area (Å²) in [7, 11) is 0. The number of nitrogens with two attached hydrogens (primary N) is 1. The number of carbonyl (C=O) groups excluding carboxylic acids is 1. The molecule has 2 fully saturated rings.